The summed E-state index contributed by atoms with van der Waals surface area (Å²) in [7, 11) is 1.81. The number of carbonyl (C=O) groups is 2. The summed E-state index contributed by atoms with van der Waals surface area (Å²) in [6, 6.07) is 2.20. The summed E-state index contributed by atoms with van der Waals surface area (Å²) in [4.78, 5) is 29.5. The number of hydrogen-bond donors (Lipinski definition) is 1. The van der Waals surface area contributed by atoms with Crippen molar-refractivity contribution in [1.82, 2.24) is 15.1 Å². The number of nitrogens with one attached hydrogen (secondary N) is 1. The van der Waals surface area contributed by atoms with E-state index < -0.39 is 0 Å². The Morgan fingerprint density at radius 2 is 2.12 bits per heavy atom. The first-order valence-corrected chi connectivity index (χ1v) is 9.60. The van der Waals surface area contributed by atoms with E-state index in [1.807, 2.05) is 11.9 Å². The largest absolute Gasteiger partial charge is 0.338 e. The molecule has 3 amide bonds. The number of fused-ring (bicyclic) bond motifs is 1. The van der Waals surface area contributed by atoms with Gasteiger partial charge >= 0.3 is 6.03 Å². The molecular formula is C18H29N3O2S. The van der Waals surface area contributed by atoms with Gasteiger partial charge in [0.2, 0.25) is 5.91 Å². The summed E-state index contributed by atoms with van der Waals surface area (Å²) in [6.07, 6.45) is 2.28. The molecule has 134 valence electrons. The third-order valence-corrected chi connectivity index (χ3v) is 5.59. The molecule has 6 heteroatoms. The zero-order valence-electron chi connectivity index (χ0n) is 15.2. The van der Waals surface area contributed by atoms with Crippen molar-refractivity contribution in [1.29, 1.82) is 0 Å². The van der Waals surface area contributed by atoms with Crippen LogP contribution in [0, 0.1) is 5.92 Å². The molecule has 0 spiro atoms. The number of thiophene rings is 1. The highest BCUT2D eigenvalue weighted by Crippen LogP contribution is 2.24. The predicted molar refractivity (Wildman–Crippen MR) is 98.1 cm³/mol. The van der Waals surface area contributed by atoms with Gasteiger partial charge in [0.15, 0.2) is 0 Å². The van der Waals surface area contributed by atoms with Crippen molar-refractivity contribution in [2.45, 2.75) is 52.6 Å². The fourth-order valence-corrected chi connectivity index (χ4v) is 3.95. The summed E-state index contributed by atoms with van der Waals surface area (Å²) in [6.45, 7) is 8.24. The number of rotatable bonds is 6. The van der Waals surface area contributed by atoms with E-state index in [9.17, 15) is 9.59 Å². The minimum absolute atomic E-state index is 0.102. The van der Waals surface area contributed by atoms with Gasteiger partial charge in [0.05, 0.1) is 0 Å². The van der Waals surface area contributed by atoms with Gasteiger partial charge in [0.1, 0.15) is 0 Å². The lowest BCUT2D eigenvalue weighted by Crippen LogP contribution is -2.44. The Hall–Kier alpha value is -1.56. The molecule has 0 aliphatic carbocycles. The van der Waals surface area contributed by atoms with E-state index in [4.69, 9.17) is 0 Å². The maximum Gasteiger partial charge on any atom is 0.317 e. The molecule has 2 rings (SSSR count). The number of urea groups is 1. The van der Waals surface area contributed by atoms with Gasteiger partial charge < -0.3 is 15.1 Å². The van der Waals surface area contributed by atoms with E-state index in [0.29, 0.717) is 25.4 Å². The Labute approximate surface area is 149 Å². The SMILES string of the molecule is CC(C)CC(C)N(C)C(=O)NCCC(=O)N1CCc2sccc2C1. The molecule has 0 bridgehead atoms. The van der Waals surface area contributed by atoms with E-state index in [1.54, 1.807) is 16.2 Å². The first-order valence-electron chi connectivity index (χ1n) is 8.72. The van der Waals surface area contributed by atoms with E-state index in [2.05, 4.69) is 37.5 Å². The van der Waals surface area contributed by atoms with Crippen LogP contribution >= 0.6 is 11.3 Å². The van der Waals surface area contributed by atoms with Crippen LogP contribution in [0.5, 0.6) is 0 Å². The molecule has 0 aromatic carbocycles. The predicted octanol–water partition coefficient (Wildman–Crippen LogP) is 3.10. The minimum atomic E-state index is -0.102. The van der Waals surface area contributed by atoms with Crippen LogP contribution in [-0.2, 0) is 17.8 Å². The Morgan fingerprint density at radius 1 is 1.38 bits per heavy atom. The van der Waals surface area contributed by atoms with Crippen molar-refractivity contribution in [3.05, 3.63) is 21.9 Å². The molecule has 1 aromatic rings. The molecule has 1 unspecified atom stereocenters. The van der Waals surface area contributed by atoms with Crippen molar-refractivity contribution < 1.29 is 9.59 Å². The molecule has 1 aliphatic heterocycles. The van der Waals surface area contributed by atoms with Crippen molar-refractivity contribution >= 4 is 23.3 Å². The van der Waals surface area contributed by atoms with Crippen molar-refractivity contribution in [3.8, 4) is 0 Å². The maximum atomic E-state index is 12.3. The van der Waals surface area contributed by atoms with Crippen molar-refractivity contribution in [3.63, 3.8) is 0 Å². The summed E-state index contributed by atoms with van der Waals surface area (Å²) in [5.41, 5.74) is 1.27. The molecule has 0 saturated heterocycles. The maximum absolute atomic E-state index is 12.3. The summed E-state index contributed by atoms with van der Waals surface area (Å²) < 4.78 is 0. The molecule has 0 saturated carbocycles. The fourth-order valence-electron chi connectivity index (χ4n) is 3.06. The molecule has 5 nitrogen and oxygen atoms in total. The van der Waals surface area contributed by atoms with Crippen LogP contribution in [0.1, 0.15) is 44.1 Å². The van der Waals surface area contributed by atoms with E-state index >= 15 is 0 Å². The van der Waals surface area contributed by atoms with E-state index in [-0.39, 0.29) is 18.0 Å². The van der Waals surface area contributed by atoms with Crippen LogP contribution in [0.25, 0.3) is 0 Å². The lowest BCUT2D eigenvalue weighted by Gasteiger charge is -2.28. The van der Waals surface area contributed by atoms with E-state index in [1.165, 1.54) is 10.4 Å². The van der Waals surface area contributed by atoms with Crippen LogP contribution in [0.15, 0.2) is 11.4 Å². The van der Waals surface area contributed by atoms with Gasteiger partial charge in [-0.2, -0.15) is 0 Å². The average Bonchev–Trinajstić information content (AvgIpc) is 3.00. The van der Waals surface area contributed by atoms with Gasteiger partial charge in [-0.15, -0.1) is 11.3 Å². The summed E-state index contributed by atoms with van der Waals surface area (Å²) in [5.74, 6) is 0.669. The topological polar surface area (TPSA) is 52.7 Å². The highest BCUT2D eigenvalue weighted by Gasteiger charge is 2.22. The molecule has 1 aliphatic rings. The lowest BCUT2D eigenvalue weighted by atomic mass is 10.0. The zero-order valence-corrected chi connectivity index (χ0v) is 16.0. The summed E-state index contributed by atoms with van der Waals surface area (Å²) in [5, 5.41) is 4.95. The zero-order chi connectivity index (χ0) is 17.7. The van der Waals surface area contributed by atoms with Gasteiger partial charge in [0.25, 0.3) is 0 Å². The van der Waals surface area contributed by atoms with Gasteiger partial charge in [-0.1, -0.05) is 13.8 Å². The smallest absolute Gasteiger partial charge is 0.317 e. The standard InChI is InChI=1S/C18H29N3O2S/c1-13(2)11-14(3)20(4)18(23)19-8-5-17(22)21-9-6-16-15(12-21)7-10-24-16/h7,10,13-14H,5-6,8-9,11-12H2,1-4H3,(H,19,23). The van der Waals surface area contributed by atoms with Gasteiger partial charge in [0, 0.05) is 44.0 Å². The van der Waals surface area contributed by atoms with Crippen molar-refractivity contribution in [2.75, 3.05) is 20.1 Å². The molecule has 2 heterocycles. The second-order valence-corrected chi connectivity index (χ2v) is 8.01. The van der Waals surface area contributed by atoms with Crippen LogP contribution in [0.2, 0.25) is 0 Å². The van der Waals surface area contributed by atoms with E-state index in [0.717, 1.165) is 19.4 Å². The molecule has 1 atom stereocenters. The Kier molecular flexibility index (Phi) is 6.66. The fraction of sp³-hybridized carbons (Fsp3) is 0.667. The quantitative estimate of drug-likeness (QED) is 0.856. The highest BCUT2D eigenvalue weighted by atomic mass is 32.1. The monoisotopic (exact) mass is 351 g/mol. The third-order valence-electron chi connectivity index (χ3n) is 4.57. The average molecular weight is 352 g/mol. The molecule has 0 fully saturated rings. The van der Waals surface area contributed by atoms with Crippen LogP contribution < -0.4 is 5.32 Å². The Balaban J connectivity index is 1.72. The molecule has 0 radical (unpaired) electrons. The van der Waals surface area contributed by atoms with Gasteiger partial charge in [-0.3, -0.25) is 4.79 Å². The van der Waals surface area contributed by atoms with Crippen LogP contribution in [-0.4, -0.2) is 47.9 Å². The molecular weight excluding hydrogens is 322 g/mol. The third kappa shape index (κ3) is 4.97. The molecule has 1 N–H and O–H groups in total. The number of carbonyl (C=O) groups excluding carboxylic acids is 2. The van der Waals surface area contributed by atoms with Crippen LogP contribution in [0.3, 0.4) is 0 Å². The summed E-state index contributed by atoms with van der Waals surface area (Å²) >= 11 is 1.77. The number of hydrogen-bond acceptors (Lipinski definition) is 3. The number of amides is 3. The lowest BCUT2D eigenvalue weighted by molar-refractivity contribution is -0.131. The minimum Gasteiger partial charge on any atom is -0.338 e. The Bertz CT molecular complexity index is 570. The number of nitrogens with zero attached hydrogens (tertiary/aromatic N) is 2. The van der Waals surface area contributed by atoms with Gasteiger partial charge in [-0.25, -0.2) is 4.79 Å². The van der Waals surface area contributed by atoms with Crippen molar-refractivity contribution in [2.24, 2.45) is 5.92 Å². The van der Waals surface area contributed by atoms with Gasteiger partial charge in [-0.05, 0) is 42.7 Å². The van der Waals surface area contributed by atoms with Crippen LogP contribution in [0.4, 0.5) is 4.79 Å². The second kappa shape index (κ2) is 8.51. The Morgan fingerprint density at radius 3 is 2.83 bits per heavy atom. The first-order chi connectivity index (χ1) is 11.4. The molecule has 1 aromatic heterocycles. The first kappa shape index (κ1) is 18.8. The molecule has 24 heavy (non-hydrogen) atoms. The highest BCUT2D eigenvalue weighted by molar-refractivity contribution is 7.10. The second-order valence-electron chi connectivity index (χ2n) is 7.01. The normalized spacial score (nSPS) is 15.1.